The molecule has 0 aliphatic heterocycles. The van der Waals surface area contributed by atoms with Gasteiger partial charge in [0.1, 0.15) is 17.4 Å². The molecule has 1 N–H and O–H groups in total. The number of nitrogens with zero attached hydrogens (tertiary/aromatic N) is 1. The molecule has 0 atom stereocenters. The summed E-state index contributed by atoms with van der Waals surface area (Å²) in [5, 5.41) is 11.9. The third-order valence-corrected chi connectivity index (χ3v) is 4.05. The van der Waals surface area contributed by atoms with Gasteiger partial charge < -0.3 is 14.8 Å². The van der Waals surface area contributed by atoms with Gasteiger partial charge in [-0.05, 0) is 42.2 Å². The van der Waals surface area contributed by atoms with E-state index in [9.17, 15) is 14.9 Å². The van der Waals surface area contributed by atoms with Crippen LogP contribution in [0, 0.1) is 11.3 Å². The number of hydrogen-bond donors (Lipinski definition) is 1. The molecule has 0 aromatic heterocycles. The van der Waals surface area contributed by atoms with Gasteiger partial charge >= 0.3 is 5.97 Å². The molecule has 6 nitrogen and oxygen atoms in total. The summed E-state index contributed by atoms with van der Waals surface area (Å²) < 4.78 is 10.4. The highest BCUT2D eigenvalue weighted by atomic mass is 16.5. The molecular formula is C23H24N2O4. The molecule has 0 saturated carbocycles. The Bertz CT molecular complexity index is 925. The number of nitrogens with one attached hydrogen (secondary N) is 1. The van der Waals surface area contributed by atoms with E-state index in [0.29, 0.717) is 29.5 Å². The predicted molar refractivity (Wildman–Crippen MR) is 111 cm³/mol. The lowest BCUT2D eigenvalue weighted by Crippen LogP contribution is -2.21. The fourth-order valence-corrected chi connectivity index (χ4v) is 2.53. The molecule has 0 saturated heterocycles. The van der Waals surface area contributed by atoms with Crippen LogP contribution in [0.15, 0.2) is 54.1 Å². The second kappa shape index (κ2) is 10.7. The van der Waals surface area contributed by atoms with Crippen LogP contribution < -0.4 is 10.1 Å². The topological polar surface area (TPSA) is 88.4 Å². The smallest absolute Gasteiger partial charge is 0.349 e. The second-order valence-corrected chi connectivity index (χ2v) is 6.54. The number of benzene rings is 2. The predicted octanol–water partition coefficient (Wildman–Crippen LogP) is 4.30. The second-order valence-electron chi connectivity index (χ2n) is 6.54. The van der Waals surface area contributed by atoms with E-state index in [0.717, 1.165) is 5.56 Å². The summed E-state index contributed by atoms with van der Waals surface area (Å²) in [5.74, 6) is -0.463. The highest BCUT2D eigenvalue weighted by Crippen LogP contribution is 2.23. The van der Waals surface area contributed by atoms with Gasteiger partial charge in [0.15, 0.2) is 6.61 Å². The fourth-order valence-electron chi connectivity index (χ4n) is 2.53. The lowest BCUT2D eigenvalue weighted by molar-refractivity contribution is -0.142. The third-order valence-electron chi connectivity index (χ3n) is 4.05. The summed E-state index contributed by atoms with van der Waals surface area (Å²) >= 11 is 0. The number of anilines is 1. The molecule has 0 unspecified atom stereocenters. The van der Waals surface area contributed by atoms with Gasteiger partial charge in [-0.15, -0.1) is 0 Å². The molecule has 0 bridgehead atoms. The van der Waals surface area contributed by atoms with Gasteiger partial charge in [0.05, 0.1) is 12.3 Å². The average molecular weight is 392 g/mol. The van der Waals surface area contributed by atoms with Crippen LogP contribution in [0.1, 0.15) is 37.8 Å². The normalized spacial score (nSPS) is 10.9. The molecule has 0 heterocycles. The first-order valence-electron chi connectivity index (χ1n) is 9.35. The van der Waals surface area contributed by atoms with Crippen LogP contribution in [0.4, 0.5) is 5.69 Å². The minimum absolute atomic E-state index is 0.176. The van der Waals surface area contributed by atoms with Crippen molar-refractivity contribution in [2.45, 2.75) is 26.7 Å². The van der Waals surface area contributed by atoms with Crippen LogP contribution in [0.2, 0.25) is 0 Å². The van der Waals surface area contributed by atoms with Crippen LogP contribution in [0.25, 0.3) is 6.08 Å². The molecule has 0 fully saturated rings. The molecular weight excluding hydrogens is 368 g/mol. The summed E-state index contributed by atoms with van der Waals surface area (Å²) in [6.45, 7) is 5.95. The van der Waals surface area contributed by atoms with E-state index in [2.05, 4.69) is 19.2 Å². The maximum atomic E-state index is 12.2. The van der Waals surface area contributed by atoms with Gasteiger partial charge in [0, 0.05) is 0 Å². The Hall–Kier alpha value is -3.59. The molecule has 0 radical (unpaired) electrons. The summed E-state index contributed by atoms with van der Waals surface area (Å²) in [6.07, 6.45) is 1.44. The van der Waals surface area contributed by atoms with Crippen molar-refractivity contribution in [3.05, 3.63) is 65.2 Å². The number of carbonyl (C=O) groups is 2. The number of hydrogen-bond acceptors (Lipinski definition) is 5. The molecule has 1 amide bonds. The first-order chi connectivity index (χ1) is 13.9. The van der Waals surface area contributed by atoms with Crippen molar-refractivity contribution in [1.29, 1.82) is 5.26 Å². The Morgan fingerprint density at radius 2 is 1.83 bits per heavy atom. The van der Waals surface area contributed by atoms with Gasteiger partial charge in [-0.3, -0.25) is 4.79 Å². The largest absolute Gasteiger partial charge is 0.492 e. The minimum Gasteiger partial charge on any atom is -0.492 e. The standard InChI is InChI=1S/C23H24N2O4/c1-4-28-21-8-6-5-7-20(21)25-22(26)15-29-23(27)19(14-24)13-17-9-11-18(12-10-17)16(2)3/h5-13,16H,4,15H2,1-3H3,(H,25,26)/b19-13+. The van der Waals surface area contributed by atoms with Crippen LogP contribution in [0.5, 0.6) is 5.75 Å². The fraction of sp³-hybridized carbons (Fsp3) is 0.261. The number of para-hydroxylation sites is 2. The van der Waals surface area contributed by atoms with Gasteiger partial charge in [-0.25, -0.2) is 4.79 Å². The molecule has 2 aromatic rings. The number of amides is 1. The highest BCUT2D eigenvalue weighted by molar-refractivity contribution is 6.00. The van der Waals surface area contributed by atoms with Crippen molar-refractivity contribution in [2.24, 2.45) is 0 Å². The van der Waals surface area contributed by atoms with Gasteiger partial charge in [-0.2, -0.15) is 5.26 Å². The Balaban J connectivity index is 1.97. The van der Waals surface area contributed by atoms with Crippen molar-refractivity contribution in [1.82, 2.24) is 0 Å². The lowest BCUT2D eigenvalue weighted by Gasteiger charge is -2.11. The molecule has 6 heteroatoms. The number of esters is 1. The minimum atomic E-state index is -0.853. The van der Waals surface area contributed by atoms with Gasteiger partial charge in [-0.1, -0.05) is 50.2 Å². The van der Waals surface area contributed by atoms with Crippen molar-refractivity contribution in [3.8, 4) is 11.8 Å². The Morgan fingerprint density at radius 1 is 1.14 bits per heavy atom. The maximum Gasteiger partial charge on any atom is 0.349 e. The molecule has 29 heavy (non-hydrogen) atoms. The molecule has 0 aliphatic rings. The first-order valence-corrected chi connectivity index (χ1v) is 9.35. The van der Waals surface area contributed by atoms with Crippen molar-refractivity contribution >= 4 is 23.6 Å². The van der Waals surface area contributed by atoms with Crippen molar-refractivity contribution in [3.63, 3.8) is 0 Å². The van der Waals surface area contributed by atoms with Crippen LogP contribution in [0.3, 0.4) is 0 Å². The zero-order chi connectivity index (χ0) is 21.2. The number of ether oxygens (including phenoxy) is 2. The van der Waals surface area contributed by atoms with E-state index in [4.69, 9.17) is 9.47 Å². The summed E-state index contributed by atoms with van der Waals surface area (Å²) in [5.41, 5.74) is 2.17. The molecule has 0 aliphatic carbocycles. The quantitative estimate of drug-likeness (QED) is 0.411. The first kappa shape index (κ1) is 21.7. The van der Waals surface area contributed by atoms with Crippen molar-refractivity contribution in [2.75, 3.05) is 18.5 Å². The SMILES string of the molecule is CCOc1ccccc1NC(=O)COC(=O)/C(C#N)=C/c1ccc(C(C)C)cc1. The molecule has 2 aromatic carbocycles. The number of rotatable bonds is 8. The monoisotopic (exact) mass is 392 g/mol. The average Bonchev–Trinajstić information content (AvgIpc) is 2.72. The van der Waals surface area contributed by atoms with E-state index in [1.807, 2.05) is 37.3 Å². The Kier molecular flexibility index (Phi) is 7.99. The molecule has 150 valence electrons. The summed E-state index contributed by atoms with van der Waals surface area (Å²) in [7, 11) is 0. The van der Waals surface area contributed by atoms with E-state index >= 15 is 0 Å². The van der Waals surface area contributed by atoms with Gasteiger partial charge in [0.2, 0.25) is 0 Å². The zero-order valence-electron chi connectivity index (χ0n) is 16.8. The van der Waals surface area contributed by atoms with Gasteiger partial charge in [0.25, 0.3) is 5.91 Å². The summed E-state index contributed by atoms with van der Waals surface area (Å²) in [6, 6.07) is 16.3. The van der Waals surface area contributed by atoms with E-state index in [1.165, 1.54) is 6.08 Å². The van der Waals surface area contributed by atoms with E-state index in [-0.39, 0.29) is 5.57 Å². The van der Waals surface area contributed by atoms with Crippen LogP contribution >= 0.6 is 0 Å². The zero-order valence-corrected chi connectivity index (χ0v) is 16.8. The van der Waals surface area contributed by atoms with E-state index < -0.39 is 18.5 Å². The van der Waals surface area contributed by atoms with Crippen molar-refractivity contribution < 1.29 is 19.1 Å². The Morgan fingerprint density at radius 3 is 2.45 bits per heavy atom. The highest BCUT2D eigenvalue weighted by Gasteiger charge is 2.14. The number of carbonyl (C=O) groups excluding carboxylic acids is 2. The Labute approximate surface area is 170 Å². The molecule has 2 rings (SSSR count). The third kappa shape index (κ3) is 6.51. The summed E-state index contributed by atoms with van der Waals surface area (Å²) in [4.78, 5) is 24.3. The number of nitriles is 1. The molecule has 0 spiro atoms. The van der Waals surface area contributed by atoms with Crippen LogP contribution in [-0.4, -0.2) is 25.1 Å². The maximum absolute atomic E-state index is 12.2. The van der Waals surface area contributed by atoms with E-state index in [1.54, 1.807) is 24.3 Å². The van der Waals surface area contributed by atoms with Crippen LogP contribution in [-0.2, 0) is 14.3 Å². The lowest BCUT2D eigenvalue weighted by atomic mass is 10.0.